The van der Waals surface area contributed by atoms with Crippen LogP contribution in [0.2, 0.25) is 0 Å². The van der Waals surface area contributed by atoms with Gasteiger partial charge in [0.05, 0.1) is 12.8 Å². The summed E-state index contributed by atoms with van der Waals surface area (Å²) in [6, 6.07) is 6.63. The van der Waals surface area contributed by atoms with Crippen LogP contribution >= 0.6 is 11.3 Å². The minimum atomic E-state index is -2.65. The topological polar surface area (TPSA) is 65.2 Å². The Bertz CT molecular complexity index is 1030. The summed E-state index contributed by atoms with van der Waals surface area (Å²) in [5, 5.41) is 0.243. The molecule has 2 aromatic heterocycles. The number of pyridine rings is 1. The van der Waals surface area contributed by atoms with E-state index < -0.39 is 6.43 Å². The number of hydrogen-bond donors (Lipinski definition) is 1. The van der Waals surface area contributed by atoms with E-state index in [1.54, 1.807) is 31.4 Å². The first-order valence-electron chi connectivity index (χ1n) is 8.71. The van der Waals surface area contributed by atoms with E-state index in [1.807, 2.05) is 0 Å². The molecule has 2 heterocycles. The molecule has 4 nitrogen and oxygen atoms in total. The Kier molecular flexibility index (Phi) is 4.55. The lowest BCUT2D eigenvalue weighted by atomic mass is 9.90. The van der Waals surface area contributed by atoms with E-state index in [-0.39, 0.29) is 27.3 Å². The predicted octanol–water partition coefficient (Wildman–Crippen LogP) is 4.93. The Labute approximate surface area is 159 Å². The van der Waals surface area contributed by atoms with E-state index in [2.05, 4.69) is 4.98 Å². The fraction of sp³-hybridized carbons (Fsp3) is 0.300. The zero-order valence-electron chi connectivity index (χ0n) is 14.7. The van der Waals surface area contributed by atoms with E-state index >= 15 is 0 Å². The number of halogens is 2. The summed E-state index contributed by atoms with van der Waals surface area (Å²) in [4.78, 5) is 18.2. The summed E-state index contributed by atoms with van der Waals surface area (Å²) in [5.74, 6) is 0.335. The number of hydrogen-bond acceptors (Lipinski definition) is 5. The molecule has 0 saturated carbocycles. The summed E-state index contributed by atoms with van der Waals surface area (Å²) in [7, 11) is 1.54. The number of ketones is 1. The maximum Gasteiger partial charge on any atom is 0.264 e. The summed E-state index contributed by atoms with van der Waals surface area (Å²) in [5.41, 5.74) is 8.01. The summed E-state index contributed by atoms with van der Waals surface area (Å²) in [6.07, 6.45) is 0.413. The van der Waals surface area contributed by atoms with Gasteiger partial charge in [-0.15, -0.1) is 11.3 Å². The maximum absolute atomic E-state index is 13.9. The molecule has 0 unspecified atom stereocenters. The number of carbonyl (C=O) groups excluding carboxylic acids is 1. The normalized spacial score (nSPS) is 13.8. The molecule has 0 fully saturated rings. The van der Waals surface area contributed by atoms with Crippen molar-refractivity contribution in [2.24, 2.45) is 0 Å². The molecule has 0 bridgehead atoms. The van der Waals surface area contributed by atoms with Gasteiger partial charge < -0.3 is 10.5 Å². The van der Waals surface area contributed by atoms with Crippen molar-refractivity contribution in [3.8, 4) is 5.75 Å². The largest absolute Gasteiger partial charge is 0.497 e. The standard InChI is InChI=1S/C20H18F2N2O2S/c1-26-11-8-6-10(7-9-11)17(25)18-16(23)15-14(19(21)22)12-4-2-3-5-13(12)24-20(15)27-18/h6-9,19H,2-5,23H2,1H3. The minimum absolute atomic E-state index is 0.0442. The van der Waals surface area contributed by atoms with Crippen molar-refractivity contribution in [3.63, 3.8) is 0 Å². The van der Waals surface area contributed by atoms with Gasteiger partial charge in [0.15, 0.2) is 0 Å². The van der Waals surface area contributed by atoms with Gasteiger partial charge in [-0.1, -0.05) is 0 Å². The SMILES string of the molecule is COc1ccc(C(=O)c2sc3nc4c(c(C(F)F)c3c2N)CCCC4)cc1. The number of nitrogens with two attached hydrogens (primary N) is 1. The average molecular weight is 388 g/mol. The highest BCUT2D eigenvalue weighted by Crippen LogP contribution is 2.43. The van der Waals surface area contributed by atoms with Gasteiger partial charge in [0.1, 0.15) is 15.5 Å². The average Bonchev–Trinajstić information content (AvgIpc) is 3.01. The monoisotopic (exact) mass is 388 g/mol. The third-order valence-electron chi connectivity index (χ3n) is 4.97. The maximum atomic E-state index is 13.9. The van der Waals surface area contributed by atoms with Crippen LogP contribution in [0.4, 0.5) is 14.5 Å². The molecule has 0 saturated heterocycles. The summed E-state index contributed by atoms with van der Waals surface area (Å²) >= 11 is 1.09. The van der Waals surface area contributed by atoms with Gasteiger partial charge in [0, 0.05) is 22.2 Å². The molecule has 4 rings (SSSR count). The molecule has 7 heteroatoms. The first kappa shape index (κ1) is 17.9. The quantitative estimate of drug-likeness (QED) is 0.644. The van der Waals surface area contributed by atoms with Crippen LogP contribution in [0, 0.1) is 0 Å². The molecule has 0 radical (unpaired) electrons. The molecule has 0 spiro atoms. The molecular formula is C20H18F2N2O2S. The first-order valence-corrected chi connectivity index (χ1v) is 9.53. The molecule has 1 aliphatic rings. The van der Waals surface area contributed by atoms with E-state index in [0.29, 0.717) is 40.2 Å². The molecule has 2 N–H and O–H groups in total. The molecule has 1 aromatic carbocycles. The number of carbonyl (C=O) groups is 1. The number of aromatic nitrogens is 1. The first-order chi connectivity index (χ1) is 13.0. The molecule has 27 heavy (non-hydrogen) atoms. The van der Waals surface area contributed by atoms with Crippen LogP contribution in [0.15, 0.2) is 24.3 Å². The fourth-order valence-electron chi connectivity index (χ4n) is 3.63. The smallest absolute Gasteiger partial charge is 0.264 e. The Morgan fingerprint density at radius 2 is 1.93 bits per heavy atom. The molecule has 0 atom stereocenters. The lowest BCUT2D eigenvalue weighted by molar-refractivity contribution is 0.104. The number of alkyl halides is 2. The number of aryl methyl sites for hydroxylation is 1. The number of ether oxygens (including phenoxy) is 1. The molecular weight excluding hydrogens is 370 g/mol. The summed E-state index contributed by atoms with van der Waals surface area (Å²) < 4.78 is 32.9. The predicted molar refractivity (Wildman–Crippen MR) is 102 cm³/mol. The second-order valence-corrected chi connectivity index (χ2v) is 7.54. The molecule has 0 aliphatic heterocycles. The van der Waals surface area contributed by atoms with Crippen molar-refractivity contribution < 1.29 is 18.3 Å². The second-order valence-electron chi connectivity index (χ2n) is 6.54. The van der Waals surface area contributed by atoms with Crippen molar-refractivity contribution in [2.75, 3.05) is 12.8 Å². The number of benzene rings is 1. The Hall–Kier alpha value is -2.54. The van der Waals surface area contributed by atoms with E-state index in [0.717, 1.165) is 24.2 Å². The Morgan fingerprint density at radius 3 is 2.59 bits per heavy atom. The van der Waals surface area contributed by atoms with Gasteiger partial charge in [0.2, 0.25) is 5.78 Å². The second kappa shape index (κ2) is 6.88. The third-order valence-corrected chi connectivity index (χ3v) is 6.07. The van der Waals surface area contributed by atoms with Gasteiger partial charge >= 0.3 is 0 Å². The number of anilines is 1. The van der Waals surface area contributed by atoms with E-state index in [1.165, 1.54) is 0 Å². The lowest BCUT2D eigenvalue weighted by Crippen LogP contribution is -2.10. The Morgan fingerprint density at radius 1 is 1.22 bits per heavy atom. The van der Waals surface area contributed by atoms with Crippen LogP contribution in [0.25, 0.3) is 10.2 Å². The minimum Gasteiger partial charge on any atom is -0.497 e. The Balaban J connectivity index is 1.88. The zero-order valence-corrected chi connectivity index (χ0v) is 15.5. The van der Waals surface area contributed by atoms with Crippen LogP contribution in [-0.4, -0.2) is 17.9 Å². The molecule has 3 aromatic rings. The number of nitrogens with zero attached hydrogens (tertiary/aromatic N) is 1. The van der Waals surface area contributed by atoms with Crippen molar-refractivity contribution in [1.29, 1.82) is 0 Å². The molecule has 1 aliphatic carbocycles. The van der Waals surface area contributed by atoms with Crippen LogP contribution in [0.3, 0.4) is 0 Å². The molecule has 0 amide bonds. The van der Waals surface area contributed by atoms with Gasteiger partial charge in [0.25, 0.3) is 6.43 Å². The van der Waals surface area contributed by atoms with Gasteiger partial charge in [-0.25, -0.2) is 13.8 Å². The van der Waals surface area contributed by atoms with Crippen molar-refractivity contribution in [2.45, 2.75) is 32.1 Å². The number of rotatable bonds is 4. The van der Waals surface area contributed by atoms with E-state index in [4.69, 9.17) is 10.5 Å². The van der Waals surface area contributed by atoms with Crippen molar-refractivity contribution >= 4 is 33.0 Å². The van der Waals surface area contributed by atoms with Gasteiger partial charge in [-0.05, 0) is 55.5 Å². The van der Waals surface area contributed by atoms with Crippen LogP contribution in [-0.2, 0) is 12.8 Å². The van der Waals surface area contributed by atoms with Crippen LogP contribution in [0.1, 0.15) is 51.3 Å². The fourth-order valence-corrected chi connectivity index (χ4v) is 4.72. The zero-order chi connectivity index (χ0) is 19.1. The van der Waals surface area contributed by atoms with Crippen molar-refractivity contribution in [1.82, 2.24) is 4.98 Å². The summed E-state index contributed by atoms with van der Waals surface area (Å²) in [6.45, 7) is 0. The molecule has 140 valence electrons. The number of nitrogen functional groups attached to an aromatic ring is 1. The highest BCUT2D eigenvalue weighted by atomic mass is 32.1. The van der Waals surface area contributed by atoms with Crippen LogP contribution in [0.5, 0.6) is 5.75 Å². The number of methoxy groups -OCH3 is 1. The van der Waals surface area contributed by atoms with E-state index in [9.17, 15) is 13.6 Å². The number of fused-ring (bicyclic) bond motifs is 2. The lowest BCUT2D eigenvalue weighted by Gasteiger charge is -2.19. The van der Waals surface area contributed by atoms with Crippen LogP contribution < -0.4 is 10.5 Å². The van der Waals surface area contributed by atoms with Crippen molar-refractivity contribution in [3.05, 3.63) is 51.5 Å². The number of thiophene rings is 1. The highest BCUT2D eigenvalue weighted by molar-refractivity contribution is 7.21. The third kappa shape index (κ3) is 2.96. The van der Waals surface area contributed by atoms with Gasteiger partial charge in [-0.3, -0.25) is 4.79 Å². The van der Waals surface area contributed by atoms with Gasteiger partial charge in [-0.2, -0.15) is 0 Å². The highest BCUT2D eigenvalue weighted by Gasteiger charge is 2.29.